The molecule has 2 aromatic heterocycles. The molecule has 3 N–H and O–H groups in total. The van der Waals surface area contributed by atoms with E-state index in [0.717, 1.165) is 58.3 Å². The van der Waals surface area contributed by atoms with E-state index < -0.39 is 0 Å². The average molecular weight is 422 g/mol. The molecule has 4 heteroatoms. The summed E-state index contributed by atoms with van der Waals surface area (Å²) in [6.07, 6.45) is 4.86. The third kappa shape index (κ3) is 4.10. The van der Waals surface area contributed by atoms with Gasteiger partial charge in [0, 0.05) is 28.0 Å². The summed E-state index contributed by atoms with van der Waals surface area (Å²) in [5.41, 5.74) is 12.7. The van der Waals surface area contributed by atoms with Crippen LogP contribution in [0.5, 0.6) is 5.75 Å². The minimum Gasteiger partial charge on any atom is -0.489 e. The number of fused-ring (bicyclic) bond motifs is 2. The number of para-hydroxylation sites is 1. The lowest BCUT2D eigenvalue weighted by Gasteiger charge is -2.09. The third-order valence-corrected chi connectivity index (χ3v) is 5.91. The molecule has 0 aliphatic heterocycles. The van der Waals surface area contributed by atoms with Gasteiger partial charge in [0.15, 0.2) is 0 Å². The van der Waals surface area contributed by atoms with Crippen LogP contribution in [0.1, 0.15) is 24.0 Å². The lowest BCUT2D eigenvalue weighted by Crippen LogP contribution is -1.99. The number of rotatable bonds is 8. The van der Waals surface area contributed by atoms with Crippen LogP contribution in [0.25, 0.3) is 33.1 Å². The molecule has 2 heterocycles. The number of hydrogen-bond acceptors (Lipinski definition) is 3. The Hall–Kier alpha value is -3.63. The van der Waals surface area contributed by atoms with Gasteiger partial charge >= 0.3 is 0 Å². The third-order valence-electron chi connectivity index (χ3n) is 5.91. The van der Waals surface area contributed by atoms with Gasteiger partial charge in [-0.15, -0.1) is 0 Å². The molecule has 0 atom stereocenters. The van der Waals surface area contributed by atoms with Crippen LogP contribution in [-0.2, 0) is 13.0 Å². The largest absolute Gasteiger partial charge is 0.489 e. The number of H-pyrrole nitrogens is 1. The van der Waals surface area contributed by atoms with Gasteiger partial charge < -0.3 is 15.5 Å². The van der Waals surface area contributed by atoms with Crippen LogP contribution in [0.2, 0.25) is 0 Å². The summed E-state index contributed by atoms with van der Waals surface area (Å²) in [5, 5.41) is 2.35. The van der Waals surface area contributed by atoms with Crippen molar-refractivity contribution in [1.29, 1.82) is 0 Å². The molecule has 160 valence electrons. The number of hydrogen-bond donors (Lipinski definition) is 2. The summed E-state index contributed by atoms with van der Waals surface area (Å²) in [6.45, 7) is 1.26. The van der Waals surface area contributed by atoms with E-state index in [1.807, 2.05) is 36.5 Å². The Morgan fingerprint density at radius 2 is 1.75 bits per heavy atom. The minimum atomic E-state index is 0.555. The Kier molecular flexibility index (Phi) is 5.86. The van der Waals surface area contributed by atoms with Crippen molar-refractivity contribution in [1.82, 2.24) is 9.97 Å². The topological polar surface area (TPSA) is 63.9 Å². The number of aryl methyl sites for hydroxylation is 1. The minimum absolute atomic E-state index is 0.555. The predicted molar refractivity (Wildman–Crippen MR) is 132 cm³/mol. The SMILES string of the molecule is NCCCCc1c(-c2cccc3cccnc23)[nH]c2ccc(OCc3ccccc3)cc12. The van der Waals surface area contributed by atoms with E-state index in [-0.39, 0.29) is 0 Å². The first-order chi connectivity index (χ1) is 15.8. The number of pyridine rings is 1. The van der Waals surface area contributed by atoms with Gasteiger partial charge in [-0.3, -0.25) is 4.98 Å². The van der Waals surface area contributed by atoms with Crippen molar-refractivity contribution in [2.24, 2.45) is 5.73 Å². The number of aromatic nitrogens is 2. The summed E-state index contributed by atoms with van der Waals surface area (Å²) in [6, 6.07) is 27.0. The molecular formula is C28H27N3O. The zero-order valence-electron chi connectivity index (χ0n) is 18.1. The first kappa shape index (κ1) is 20.3. The molecule has 0 radical (unpaired) electrons. The second kappa shape index (κ2) is 9.25. The monoisotopic (exact) mass is 421 g/mol. The average Bonchev–Trinajstić information content (AvgIpc) is 3.21. The fourth-order valence-corrected chi connectivity index (χ4v) is 4.30. The molecule has 0 aliphatic rings. The number of nitrogens with two attached hydrogens (primary N) is 1. The molecule has 5 aromatic rings. The fraction of sp³-hybridized carbons (Fsp3) is 0.179. The van der Waals surface area contributed by atoms with Gasteiger partial charge in [0.25, 0.3) is 0 Å². The summed E-state index contributed by atoms with van der Waals surface area (Å²) >= 11 is 0. The van der Waals surface area contributed by atoms with Crippen molar-refractivity contribution < 1.29 is 4.74 Å². The number of nitrogens with zero attached hydrogens (tertiary/aromatic N) is 1. The maximum atomic E-state index is 6.12. The Morgan fingerprint density at radius 3 is 2.62 bits per heavy atom. The van der Waals surface area contributed by atoms with Crippen molar-refractivity contribution in [3.63, 3.8) is 0 Å². The van der Waals surface area contributed by atoms with Gasteiger partial charge in [-0.25, -0.2) is 0 Å². The highest BCUT2D eigenvalue weighted by Gasteiger charge is 2.16. The molecule has 4 nitrogen and oxygen atoms in total. The van der Waals surface area contributed by atoms with E-state index in [2.05, 4.69) is 58.5 Å². The van der Waals surface area contributed by atoms with Crippen molar-refractivity contribution in [2.75, 3.05) is 6.54 Å². The van der Waals surface area contributed by atoms with Gasteiger partial charge in [0.2, 0.25) is 0 Å². The maximum Gasteiger partial charge on any atom is 0.120 e. The smallest absolute Gasteiger partial charge is 0.120 e. The highest BCUT2D eigenvalue weighted by atomic mass is 16.5. The Morgan fingerprint density at radius 1 is 0.875 bits per heavy atom. The van der Waals surface area contributed by atoms with E-state index >= 15 is 0 Å². The standard InChI is InChI=1S/C28H27N3O/c29-16-5-4-12-23-25-18-22(32-19-20-8-2-1-3-9-20)14-15-26(25)31-28(23)24-13-6-10-21-11-7-17-30-27(21)24/h1-3,6-11,13-15,17-18,31H,4-5,12,16,19,29H2. The predicted octanol–water partition coefficient (Wildman–Crippen LogP) is 6.24. The van der Waals surface area contributed by atoms with E-state index in [1.165, 1.54) is 10.9 Å². The molecule has 0 saturated heterocycles. The second-order valence-electron chi connectivity index (χ2n) is 8.09. The number of unbranched alkanes of at least 4 members (excludes halogenated alkanes) is 1. The molecular weight excluding hydrogens is 394 g/mol. The van der Waals surface area contributed by atoms with Crippen molar-refractivity contribution in [3.8, 4) is 17.0 Å². The summed E-state index contributed by atoms with van der Waals surface area (Å²) in [5.74, 6) is 0.878. The van der Waals surface area contributed by atoms with Crippen molar-refractivity contribution in [2.45, 2.75) is 25.9 Å². The zero-order chi connectivity index (χ0) is 21.8. The molecule has 0 amide bonds. The summed E-state index contributed by atoms with van der Waals surface area (Å²) in [4.78, 5) is 8.35. The van der Waals surface area contributed by atoms with Crippen molar-refractivity contribution in [3.05, 3.63) is 96.2 Å². The Balaban J connectivity index is 1.57. The van der Waals surface area contributed by atoms with Crippen LogP contribution in [0, 0.1) is 0 Å². The number of nitrogens with one attached hydrogen (secondary N) is 1. The van der Waals surface area contributed by atoms with Gasteiger partial charge in [0.1, 0.15) is 12.4 Å². The van der Waals surface area contributed by atoms with Gasteiger partial charge in [-0.2, -0.15) is 0 Å². The molecule has 3 aromatic carbocycles. The summed E-state index contributed by atoms with van der Waals surface area (Å²) < 4.78 is 6.12. The Labute approximate surface area is 188 Å². The van der Waals surface area contributed by atoms with Gasteiger partial charge in [0.05, 0.1) is 11.2 Å². The van der Waals surface area contributed by atoms with Crippen LogP contribution in [0.4, 0.5) is 0 Å². The quantitative estimate of drug-likeness (QED) is 0.291. The number of ether oxygens (including phenoxy) is 1. The maximum absolute atomic E-state index is 6.12. The zero-order valence-corrected chi connectivity index (χ0v) is 18.1. The highest BCUT2D eigenvalue weighted by molar-refractivity contribution is 5.99. The lowest BCUT2D eigenvalue weighted by molar-refractivity contribution is 0.306. The van der Waals surface area contributed by atoms with Gasteiger partial charge in [-0.05, 0) is 61.2 Å². The first-order valence-corrected chi connectivity index (χ1v) is 11.2. The van der Waals surface area contributed by atoms with Crippen LogP contribution >= 0.6 is 0 Å². The molecule has 0 aliphatic carbocycles. The van der Waals surface area contributed by atoms with Crippen LogP contribution in [-0.4, -0.2) is 16.5 Å². The lowest BCUT2D eigenvalue weighted by atomic mass is 9.98. The van der Waals surface area contributed by atoms with E-state index in [1.54, 1.807) is 0 Å². The van der Waals surface area contributed by atoms with Crippen molar-refractivity contribution >= 4 is 21.8 Å². The van der Waals surface area contributed by atoms with E-state index in [4.69, 9.17) is 10.5 Å². The molecule has 5 rings (SSSR count). The molecule has 0 spiro atoms. The van der Waals surface area contributed by atoms with E-state index in [0.29, 0.717) is 13.2 Å². The normalized spacial score (nSPS) is 11.3. The van der Waals surface area contributed by atoms with Crippen LogP contribution < -0.4 is 10.5 Å². The molecule has 0 saturated carbocycles. The molecule has 0 bridgehead atoms. The molecule has 0 fully saturated rings. The van der Waals surface area contributed by atoms with E-state index in [9.17, 15) is 0 Å². The fourth-order valence-electron chi connectivity index (χ4n) is 4.30. The Bertz CT molecular complexity index is 1340. The highest BCUT2D eigenvalue weighted by Crippen LogP contribution is 2.36. The van der Waals surface area contributed by atoms with Crippen LogP contribution in [0.3, 0.4) is 0 Å². The summed E-state index contributed by atoms with van der Waals surface area (Å²) in [7, 11) is 0. The first-order valence-electron chi connectivity index (χ1n) is 11.2. The number of aromatic amines is 1. The number of benzene rings is 3. The second-order valence-corrected chi connectivity index (χ2v) is 8.09. The molecule has 32 heavy (non-hydrogen) atoms. The van der Waals surface area contributed by atoms with Crippen LogP contribution in [0.15, 0.2) is 85.1 Å². The van der Waals surface area contributed by atoms with Gasteiger partial charge in [-0.1, -0.05) is 54.6 Å². The molecule has 0 unspecified atom stereocenters.